The van der Waals surface area contributed by atoms with Gasteiger partial charge in [-0.15, -0.1) is 11.3 Å². The first-order chi connectivity index (χ1) is 6.29. The van der Waals surface area contributed by atoms with Crippen molar-refractivity contribution < 1.29 is 4.74 Å². The fourth-order valence-electron chi connectivity index (χ4n) is 0.844. The molecule has 2 aromatic rings. The lowest BCUT2D eigenvalue weighted by atomic mass is 10.5. The van der Waals surface area contributed by atoms with E-state index in [1.54, 1.807) is 18.4 Å². The van der Waals surface area contributed by atoms with Crippen molar-refractivity contribution in [2.24, 2.45) is 0 Å². The van der Waals surface area contributed by atoms with Crippen LogP contribution in [0.2, 0.25) is 5.28 Å². The Kier molecular flexibility index (Phi) is 2.48. The van der Waals surface area contributed by atoms with Crippen molar-refractivity contribution in [2.45, 2.75) is 0 Å². The fraction of sp³-hybridized carbons (Fsp3) is 0.143. The molecule has 0 aliphatic heterocycles. The molecule has 0 bridgehead atoms. The number of nitrogens with zero attached hydrogens (tertiary/aromatic N) is 2. The van der Waals surface area contributed by atoms with E-state index in [0.29, 0.717) is 5.28 Å². The molecular formula is C7H5ClN2OS2. The second kappa shape index (κ2) is 3.61. The van der Waals surface area contributed by atoms with Gasteiger partial charge in [0, 0.05) is 11.4 Å². The van der Waals surface area contributed by atoms with E-state index in [9.17, 15) is 0 Å². The third-order valence-electron chi connectivity index (χ3n) is 1.42. The van der Waals surface area contributed by atoms with Gasteiger partial charge in [-0.3, -0.25) is 0 Å². The third-order valence-corrected chi connectivity index (χ3v) is 3.49. The molecule has 68 valence electrons. The molecule has 0 aliphatic carbocycles. The van der Waals surface area contributed by atoms with Gasteiger partial charge in [0.2, 0.25) is 5.28 Å². The number of thiophene rings is 1. The Morgan fingerprint density at radius 3 is 2.92 bits per heavy atom. The molecule has 0 radical (unpaired) electrons. The largest absolute Gasteiger partial charge is 0.496 e. The van der Waals surface area contributed by atoms with Gasteiger partial charge < -0.3 is 4.74 Å². The Morgan fingerprint density at radius 1 is 1.54 bits per heavy atom. The quantitative estimate of drug-likeness (QED) is 0.799. The normalized spacial score (nSPS) is 10.3. The fourth-order valence-corrected chi connectivity index (χ4v) is 2.55. The van der Waals surface area contributed by atoms with E-state index < -0.39 is 0 Å². The van der Waals surface area contributed by atoms with E-state index in [1.807, 2.05) is 11.4 Å². The molecule has 0 saturated carbocycles. The van der Waals surface area contributed by atoms with Crippen molar-refractivity contribution in [1.29, 1.82) is 0 Å². The molecule has 2 aromatic heterocycles. The highest BCUT2D eigenvalue weighted by Gasteiger charge is 2.07. The van der Waals surface area contributed by atoms with Crippen molar-refractivity contribution >= 4 is 34.5 Å². The molecule has 0 saturated heterocycles. The summed E-state index contributed by atoms with van der Waals surface area (Å²) in [6, 6.07) is 1.92. The summed E-state index contributed by atoms with van der Waals surface area (Å²) in [5, 5.41) is 3.05. The summed E-state index contributed by atoms with van der Waals surface area (Å²) in [7, 11) is 1.64. The van der Waals surface area contributed by atoms with Gasteiger partial charge in [0.15, 0.2) is 5.01 Å². The molecule has 2 heterocycles. The SMILES string of the molecule is COc1csc(-c2nc(Cl)ns2)c1. The van der Waals surface area contributed by atoms with Crippen LogP contribution in [0.15, 0.2) is 11.4 Å². The summed E-state index contributed by atoms with van der Waals surface area (Å²) < 4.78 is 8.95. The van der Waals surface area contributed by atoms with E-state index >= 15 is 0 Å². The second-order valence-electron chi connectivity index (χ2n) is 2.22. The van der Waals surface area contributed by atoms with Gasteiger partial charge in [-0.1, -0.05) is 0 Å². The van der Waals surface area contributed by atoms with Gasteiger partial charge in [-0.25, -0.2) is 4.98 Å². The maximum Gasteiger partial charge on any atom is 0.234 e. The molecule has 0 N–H and O–H groups in total. The lowest BCUT2D eigenvalue weighted by molar-refractivity contribution is 0.417. The standard InChI is InChI=1S/C7H5ClN2OS2/c1-11-4-2-5(12-3-4)6-9-7(8)10-13-6/h2-3H,1H3. The Labute approximate surface area is 88.1 Å². The van der Waals surface area contributed by atoms with Crippen LogP contribution >= 0.6 is 34.5 Å². The highest BCUT2D eigenvalue weighted by atomic mass is 35.5. The molecule has 13 heavy (non-hydrogen) atoms. The molecule has 0 amide bonds. The van der Waals surface area contributed by atoms with Gasteiger partial charge in [0.05, 0.1) is 12.0 Å². The van der Waals surface area contributed by atoms with Crippen LogP contribution in [0.3, 0.4) is 0 Å². The lowest BCUT2D eigenvalue weighted by Gasteiger charge is -1.88. The van der Waals surface area contributed by atoms with Crippen LogP contribution in [0.5, 0.6) is 5.75 Å². The molecule has 3 nitrogen and oxygen atoms in total. The molecule has 0 unspecified atom stereocenters. The number of aromatic nitrogens is 2. The van der Waals surface area contributed by atoms with Crippen molar-refractivity contribution in [3.63, 3.8) is 0 Å². The molecule has 0 fully saturated rings. The van der Waals surface area contributed by atoms with Crippen molar-refractivity contribution in [3.05, 3.63) is 16.7 Å². The maximum absolute atomic E-state index is 5.61. The van der Waals surface area contributed by atoms with Gasteiger partial charge in [0.1, 0.15) is 5.75 Å². The summed E-state index contributed by atoms with van der Waals surface area (Å²) in [5.74, 6) is 0.839. The molecule has 0 atom stereocenters. The summed E-state index contributed by atoms with van der Waals surface area (Å²) in [6.07, 6.45) is 0. The minimum absolute atomic E-state index is 0.298. The van der Waals surface area contributed by atoms with Gasteiger partial charge in [0.25, 0.3) is 0 Å². The minimum Gasteiger partial charge on any atom is -0.496 e. The first-order valence-corrected chi connectivity index (χ1v) is 5.45. The smallest absolute Gasteiger partial charge is 0.234 e. The number of hydrogen-bond acceptors (Lipinski definition) is 5. The number of methoxy groups -OCH3 is 1. The zero-order valence-electron chi connectivity index (χ0n) is 6.65. The molecular weight excluding hydrogens is 228 g/mol. The highest BCUT2D eigenvalue weighted by Crippen LogP contribution is 2.32. The predicted octanol–water partition coefficient (Wildman–Crippen LogP) is 2.93. The monoisotopic (exact) mass is 232 g/mol. The van der Waals surface area contributed by atoms with Gasteiger partial charge in [-0.05, 0) is 23.1 Å². The van der Waals surface area contributed by atoms with Crippen molar-refractivity contribution in [2.75, 3.05) is 7.11 Å². The van der Waals surface area contributed by atoms with E-state index in [0.717, 1.165) is 15.6 Å². The van der Waals surface area contributed by atoms with Crippen molar-refractivity contribution in [1.82, 2.24) is 9.36 Å². The molecule has 0 aromatic carbocycles. The molecule has 0 aliphatic rings. The summed E-state index contributed by atoms with van der Waals surface area (Å²) in [6.45, 7) is 0. The van der Waals surface area contributed by atoms with Crippen LogP contribution in [0.25, 0.3) is 9.88 Å². The predicted molar refractivity (Wildman–Crippen MR) is 54.8 cm³/mol. The van der Waals surface area contributed by atoms with Gasteiger partial charge >= 0.3 is 0 Å². The average Bonchev–Trinajstić information content (AvgIpc) is 2.71. The number of halogens is 1. The van der Waals surface area contributed by atoms with Crippen LogP contribution < -0.4 is 4.74 Å². The average molecular weight is 233 g/mol. The Balaban J connectivity index is 2.35. The molecule has 2 rings (SSSR count). The molecule has 0 spiro atoms. The van der Waals surface area contributed by atoms with E-state index in [-0.39, 0.29) is 0 Å². The highest BCUT2D eigenvalue weighted by molar-refractivity contribution is 7.18. The third kappa shape index (κ3) is 1.82. The molecule has 6 heteroatoms. The zero-order valence-corrected chi connectivity index (χ0v) is 9.04. The zero-order chi connectivity index (χ0) is 9.26. The Morgan fingerprint density at radius 2 is 2.38 bits per heavy atom. The van der Waals surface area contributed by atoms with Crippen LogP contribution in [0.4, 0.5) is 0 Å². The van der Waals surface area contributed by atoms with E-state index in [1.165, 1.54) is 11.5 Å². The van der Waals surface area contributed by atoms with E-state index in [4.69, 9.17) is 16.3 Å². The second-order valence-corrected chi connectivity index (χ2v) is 4.22. The lowest BCUT2D eigenvalue weighted by Crippen LogP contribution is -1.76. The van der Waals surface area contributed by atoms with Crippen LogP contribution in [-0.4, -0.2) is 16.5 Å². The number of ether oxygens (including phenoxy) is 1. The maximum atomic E-state index is 5.61. The summed E-state index contributed by atoms with van der Waals surface area (Å²) in [4.78, 5) is 5.09. The first kappa shape index (κ1) is 8.93. The first-order valence-electron chi connectivity index (χ1n) is 3.41. The van der Waals surface area contributed by atoms with Crippen LogP contribution in [0.1, 0.15) is 0 Å². The minimum atomic E-state index is 0.298. The van der Waals surface area contributed by atoms with Crippen molar-refractivity contribution in [3.8, 4) is 15.6 Å². The number of rotatable bonds is 2. The summed E-state index contributed by atoms with van der Waals surface area (Å²) in [5.41, 5.74) is 0. The Bertz CT molecular complexity index is 412. The Hall–Kier alpha value is -0.650. The topological polar surface area (TPSA) is 35.0 Å². The van der Waals surface area contributed by atoms with Crippen LogP contribution in [0, 0.1) is 0 Å². The van der Waals surface area contributed by atoms with Crippen LogP contribution in [-0.2, 0) is 0 Å². The summed E-state index contributed by atoms with van der Waals surface area (Å²) >= 11 is 8.47. The van der Waals surface area contributed by atoms with Gasteiger partial charge in [-0.2, -0.15) is 4.37 Å². The van der Waals surface area contributed by atoms with E-state index in [2.05, 4.69) is 9.36 Å². The number of hydrogen-bond donors (Lipinski definition) is 0.